The molecule has 1 spiro atoms. The molecular weight excluding hydrogens is 370 g/mol. The Kier molecular flexibility index (Phi) is 4.70. The highest BCUT2D eigenvalue weighted by Crippen LogP contribution is 2.50. The van der Waals surface area contributed by atoms with Crippen molar-refractivity contribution in [1.29, 1.82) is 0 Å². The summed E-state index contributed by atoms with van der Waals surface area (Å²) in [6, 6.07) is 15.2. The topological polar surface area (TPSA) is 104 Å². The Morgan fingerprint density at radius 2 is 1.69 bits per heavy atom. The highest BCUT2D eigenvalue weighted by molar-refractivity contribution is 6.28. The Morgan fingerprint density at radius 3 is 2.34 bits per heavy atom. The average Bonchev–Trinajstić information content (AvgIpc) is 3.22. The number of aliphatic hydroxyl groups is 1. The van der Waals surface area contributed by atoms with E-state index in [0.717, 1.165) is 29.5 Å². The lowest BCUT2D eigenvalue weighted by Crippen LogP contribution is -2.44. The van der Waals surface area contributed by atoms with Crippen LogP contribution in [0.4, 0.5) is 0 Å². The number of Topliss-reactive ketones (excluding diaryl/α,β-unsaturated/α-hetero) is 1. The van der Waals surface area contributed by atoms with E-state index in [2.05, 4.69) is 5.32 Å². The molecular formula is C23H21NO5. The van der Waals surface area contributed by atoms with Crippen LogP contribution in [0.1, 0.15) is 36.8 Å². The van der Waals surface area contributed by atoms with Crippen LogP contribution in [0.25, 0.3) is 16.9 Å². The maximum absolute atomic E-state index is 13.3. The van der Waals surface area contributed by atoms with Gasteiger partial charge in [-0.25, -0.2) is 0 Å². The molecule has 6 nitrogen and oxygen atoms in total. The van der Waals surface area contributed by atoms with Crippen molar-refractivity contribution in [3.05, 3.63) is 65.2 Å². The number of ketones is 1. The van der Waals surface area contributed by atoms with Gasteiger partial charge >= 0.3 is 5.97 Å². The normalized spacial score (nSPS) is 17.3. The number of aliphatic carboxylic acids is 1. The van der Waals surface area contributed by atoms with Crippen molar-refractivity contribution < 1.29 is 24.6 Å². The molecule has 0 atom stereocenters. The number of fused-ring (bicyclic) bond motifs is 2. The first-order valence-electron chi connectivity index (χ1n) is 9.62. The van der Waals surface area contributed by atoms with Crippen LogP contribution in [-0.2, 0) is 19.8 Å². The molecule has 29 heavy (non-hydrogen) atoms. The van der Waals surface area contributed by atoms with Gasteiger partial charge in [-0.2, -0.15) is 0 Å². The van der Waals surface area contributed by atoms with Crippen molar-refractivity contribution in [2.45, 2.75) is 31.1 Å². The van der Waals surface area contributed by atoms with E-state index in [9.17, 15) is 19.5 Å². The lowest BCUT2D eigenvalue weighted by Gasteiger charge is -2.35. The third-order valence-corrected chi connectivity index (χ3v) is 5.88. The third kappa shape index (κ3) is 3.10. The summed E-state index contributed by atoms with van der Waals surface area (Å²) in [4.78, 5) is 36.8. The Labute approximate surface area is 167 Å². The van der Waals surface area contributed by atoms with Crippen LogP contribution in [0, 0.1) is 0 Å². The molecule has 1 amide bonds. The van der Waals surface area contributed by atoms with Gasteiger partial charge in [-0.1, -0.05) is 55.3 Å². The summed E-state index contributed by atoms with van der Waals surface area (Å²) >= 11 is 0. The zero-order valence-corrected chi connectivity index (χ0v) is 15.8. The predicted octanol–water partition coefficient (Wildman–Crippen LogP) is 3.22. The van der Waals surface area contributed by atoms with Crippen molar-refractivity contribution >= 4 is 23.4 Å². The van der Waals surface area contributed by atoms with Crippen molar-refractivity contribution in [2.24, 2.45) is 0 Å². The molecule has 0 saturated heterocycles. The highest BCUT2D eigenvalue weighted by Gasteiger charge is 2.50. The van der Waals surface area contributed by atoms with Gasteiger partial charge in [-0.05, 0) is 35.6 Å². The smallest absolute Gasteiger partial charge is 0.322 e. The van der Waals surface area contributed by atoms with E-state index in [4.69, 9.17) is 5.11 Å². The van der Waals surface area contributed by atoms with Gasteiger partial charge in [0.2, 0.25) is 0 Å². The van der Waals surface area contributed by atoms with Crippen molar-refractivity contribution in [1.82, 2.24) is 5.32 Å². The van der Waals surface area contributed by atoms with E-state index in [0.29, 0.717) is 18.4 Å². The number of carbonyl (C=O) groups is 3. The van der Waals surface area contributed by atoms with E-state index in [1.54, 1.807) is 6.07 Å². The Bertz CT molecular complexity index is 1030. The first-order chi connectivity index (χ1) is 13.9. The maximum atomic E-state index is 13.3. The minimum Gasteiger partial charge on any atom is -0.506 e. The molecule has 0 aromatic heterocycles. The number of hydrogen-bond donors (Lipinski definition) is 3. The van der Waals surface area contributed by atoms with Gasteiger partial charge < -0.3 is 15.5 Å². The van der Waals surface area contributed by atoms with Gasteiger partial charge in [0.05, 0.1) is 5.41 Å². The summed E-state index contributed by atoms with van der Waals surface area (Å²) in [5.74, 6) is -2.88. The van der Waals surface area contributed by atoms with Crippen LogP contribution in [-0.4, -0.2) is 34.4 Å². The zero-order chi connectivity index (χ0) is 20.6. The summed E-state index contributed by atoms with van der Waals surface area (Å²) in [6.45, 7) is -0.618. The van der Waals surface area contributed by atoms with Crippen LogP contribution in [0.2, 0.25) is 0 Å². The van der Waals surface area contributed by atoms with Gasteiger partial charge in [-0.15, -0.1) is 0 Å². The SMILES string of the molecule is O=C(O)CNC(=O)C1=C(O)c2cc(-c3ccccc3)ccc2C2(CCCC2)C1=O. The molecule has 0 heterocycles. The van der Waals surface area contributed by atoms with E-state index >= 15 is 0 Å². The highest BCUT2D eigenvalue weighted by atomic mass is 16.4. The predicted molar refractivity (Wildman–Crippen MR) is 107 cm³/mol. The van der Waals surface area contributed by atoms with Gasteiger partial charge in [0.25, 0.3) is 5.91 Å². The Hall–Kier alpha value is -3.41. The van der Waals surface area contributed by atoms with Crippen LogP contribution in [0.15, 0.2) is 54.1 Å². The number of amides is 1. The minimum absolute atomic E-state index is 0.342. The molecule has 3 N–H and O–H groups in total. The monoisotopic (exact) mass is 391 g/mol. The summed E-state index contributed by atoms with van der Waals surface area (Å²) in [7, 11) is 0. The average molecular weight is 391 g/mol. The van der Waals surface area contributed by atoms with Gasteiger partial charge in [0.1, 0.15) is 17.9 Å². The largest absolute Gasteiger partial charge is 0.506 e. The molecule has 1 saturated carbocycles. The summed E-state index contributed by atoms with van der Waals surface area (Å²) < 4.78 is 0. The molecule has 0 radical (unpaired) electrons. The second-order valence-electron chi connectivity index (χ2n) is 7.54. The number of benzene rings is 2. The molecule has 4 rings (SSSR count). The number of rotatable bonds is 4. The summed E-state index contributed by atoms with van der Waals surface area (Å²) in [6.07, 6.45) is 2.92. The molecule has 2 aromatic rings. The van der Waals surface area contributed by atoms with Crippen LogP contribution in [0.5, 0.6) is 0 Å². The fraction of sp³-hybridized carbons (Fsp3) is 0.261. The van der Waals surface area contributed by atoms with E-state index in [-0.39, 0.29) is 11.3 Å². The number of nitrogens with one attached hydrogen (secondary N) is 1. The Morgan fingerprint density at radius 1 is 1.00 bits per heavy atom. The van der Waals surface area contributed by atoms with Crippen molar-refractivity contribution in [2.75, 3.05) is 6.54 Å². The molecule has 2 aliphatic rings. The summed E-state index contributed by atoms with van der Waals surface area (Å²) in [5, 5.41) is 22.0. The second-order valence-corrected chi connectivity index (χ2v) is 7.54. The molecule has 148 valence electrons. The minimum atomic E-state index is -1.22. The fourth-order valence-electron chi connectivity index (χ4n) is 4.50. The zero-order valence-electron chi connectivity index (χ0n) is 15.8. The number of hydrogen-bond acceptors (Lipinski definition) is 4. The number of carboxylic acid groups (broad SMARTS) is 1. The number of carbonyl (C=O) groups excluding carboxylic acids is 2. The quantitative estimate of drug-likeness (QED) is 0.695. The molecule has 2 aliphatic carbocycles. The second kappa shape index (κ2) is 7.20. The van der Waals surface area contributed by atoms with E-state index in [1.165, 1.54) is 0 Å². The third-order valence-electron chi connectivity index (χ3n) is 5.88. The molecule has 0 bridgehead atoms. The molecule has 6 heteroatoms. The standard InChI is InChI=1S/C23H21NO5/c25-18(26)13-24-22(29)19-20(27)16-12-15(14-6-2-1-3-7-14)8-9-17(16)23(21(19)28)10-4-5-11-23/h1-3,6-9,12,27H,4-5,10-11,13H2,(H,24,29)(H,25,26). The van der Waals surface area contributed by atoms with Crippen molar-refractivity contribution in [3.8, 4) is 11.1 Å². The Balaban J connectivity index is 1.87. The lowest BCUT2D eigenvalue weighted by molar-refractivity contribution is -0.138. The lowest BCUT2D eigenvalue weighted by atomic mass is 9.67. The summed E-state index contributed by atoms with van der Waals surface area (Å²) in [5.41, 5.74) is 1.85. The van der Waals surface area contributed by atoms with Crippen LogP contribution < -0.4 is 5.32 Å². The van der Waals surface area contributed by atoms with Crippen LogP contribution in [0.3, 0.4) is 0 Å². The van der Waals surface area contributed by atoms with E-state index in [1.807, 2.05) is 42.5 Å². The molecule has 2 aromatic carbocycles. The molecule has 0 aliphatic heterocycles. The molecule has 0 unspecified atom stereocenters. The maximum Gasteiger partial charge on any atom is 0.322 e. The number of aliphatic hydroxyl groups excluding tert-OH is 1. The first kappa shape index (κ1) is 18.9. The van der Waals surface area contributed by atoms with Crippen LogP contribution >= 0.6 is 0 Å². The van der Waals surface area contributed by atoms with Crippen molar-refractivity contribution in [3.63, 3.8) is 0 Å². The van der Waals surface area contributed by atoms with Gasteiger partial charge in [-0.3, -0.25) is 14.4 Å². The van der Waals surface area contributed by atoms with E-state index < -0.39 is 29.6 Å². The first-order valence-corrected chi connectivity index (χ1v) is 9.62. The molecule has 1 fully saturated rings. The fourth-order valence-corrected chi connectivity index (χ4v) is 4.50. The van der Waals surface area contributed by atoms with Gasteiger partial charge in [0, 0.05) is 5.56 Å². The van der Waals surface area contributed by atoms with Gasteiger partial charge in [0.15, 0.2) is 5.78 Å². The number of carboxylic acids is 1.